The Balaban J connectivity index is 1.21. The third-order valence-corrected chi connectivity index (χ3v) is 7.48. The van der Waals surface area contributed by atoms with E-state index in [1.165, 1.54) is 18.2 Å². The number of rotatable bonds is 6. The smallest absolute Gasteiger partial charge is 0.322 e. The van der Waals surface area contributed by atoms with Crippen LogP contribution in [0, 0.1) is 24.6 Å². The van der Waals surface area contributed by atoms with E-state index in [4.69, 9.17) is 26.2 Å². The van der Waals surface area contributed by atoms with Gasteiger partial charge in [0.25, 0.3) is 0 Å². The van der Waals surface area contributed by atoms with Gasteiger partial charge >= 0.3 is 6.01 Å². The molecule has 35 heavy (non-hydrogen) atoms. The average Bonchev–Trinajstić information content (AvgIpc) is 3.55. The van der Waals surface area contributed by atoms with Crippen molar-refractivity contribution >= 4 is 23.4 Å². The number of piperidine rings is 1. The molecule has 1 N–H and O–H groups in total. The van der Waals surface area contributed by atoms with E-state index in [0.717, 1.165) is 43.9 Å². The van der Waals surface area contributed by atoms with Gasteiger partial charge in [-0.3, -0.25) is 0 Å². The lowest BCUT2D eigenvalue weighted by Gasteiger charge is -2.38. The summed E-state index contributed by atoms with van der Waals surface area (Å²) in [6.07, 6.45) is 4.76. The average molecular weight is 500 g/mol. The van der Waals surface area contributed by atoms with Crippen molar-refractivity contribution in [3.05, 3.63) is 47.1 Å². The van der Waals surface area contributed by atoms with Crippen LogP contribution in [0.3, 0.4) is 0 Å². The zero-order chi connectivity index (χ0) is 23.9. The van der Waals surface area contributed by atoms with Crippen molar-refractivity contribution in [2.24, 2.45) is 11.8 Å². The summed E-state index contributed by atoms with van der Waals surface area (Å²) in [5.74, 6) is 2.37. The van der Waals surface area contributed by atoms with Crippen LogP contribution in [0.5, 0.6) is 11.8 Å². The van der Waals surface area contributed by atoms with Gasteiger partial charge in [0.1, 0.15) is 23.7 Å². The topological polar surface area (TPSA) is 90.2 Å². The van der Waals surface area contributed by atoms with E-state index in [0.29, 0.717) is 42.8 Å². The van der Waals surface area contributed by atoms with Crippen molar-refractivity contribution in [1.82, 2.24) is 24.7 Å². The SMILES string of the molecule is Cc1cc(N2C[C@H]3CC[C@@H](C2)C3Nc2nc(Oc3ccc(F)c(Cl)c3)n(C3CCOC3)n2)ncn1. The first-order valence-corrected chi connectivity index (χ1v) is 12.4. The van der Waals surface area contributed by atoms with Crippen molar-refractivity contribution < 1.29 is 13.9 Å². The van der Waals surface area contributed by atoms with Gasteiger partial charge in [-0.25, -0.2) is 19.0 Å². The first-order chi connectivity index (χ1) is 17.0. The van der Waals surface area contributed by atoms with Crippen LogP contribution in [0.25, 0.3) is 0 Å². The third kappa shape index (κ3) is 4.52. The number of ether oxygens (including phenoxy) is 2. The molecule has 184 valence electrons. The molecular weight excluding hydrogens is 473 g/mol. The fourth-order valence-electron chi connectivity index (χ4n) is 5.45. The lowest BCUT2D eigenvalue weighted by molar-refractivity contribution is 0.182. The van der Waals surface area contributed by atoms with E-state index in [1.807, 2.05) is 13.0 Å². The van der Waals surface area contributed by atoms with E-state index in [1.54, 1.807) is 11.0 Å². The fourth-order valence-corrected chi connectivity index (χ4v) is 5.62. The van der Waals surface area contributed by atoms with Gasteiger partial charge in [-0.15, -0.1) is 5.10 Å². The van der Waals surface area contributed by atoms with Gasteiger partial charge in [-0.1, -0.05) is 11.6 Å². The second kappa shape index (κ2) is 9.23. The minimum atomic E-state index is -0.494. The van der Waals surface area contributed by atoms with Crippen LogP contribution in [0.15, 0.2) is 30.6 Å². The van der Waals surface area contributed by atoms with Gasteiger partial charge in [0.2, 0.25) is 5.95 Å². The van der Waals surface area contributed by atoms with Crippen LogP contribution in [0.4, 0.5) is 16.2 Å². The largest absolute Gasteiger partial charge is 0.424 e. The fraction of sp³-hybridized carbons (Fsp3) is 0.500. The minimum Gasteiger partial charge on any atom is -0.424 e. The Morgan fingerprint density at radius 3 is 2.69 bits per heavy atom. The summed E-state index contributed by atoms with van der Waals surface area (Å²) in [5.41, 5.74) is 0.975. The molecule has 2 unspecified atom stereocenters. The van der Waals surface area contributed by atoms with Crippen molar-refractivity contribution in [3.63, 3.8) is 0 Å². The predicted molar refractivity (Wildman–Crippen MR) is 129 cm³/mol. The number of fused-ring (bicyclic) bond motifs is 2. The maximum atomic E-state index is 13.6. The van der Waals surface area contributed by atoms with Gasteiger partial charge in [-0.05, 0) is 50.2 Å². The molecule has 1 aromatic carbocycles. The van der Waals surface area contributed by atoms with E-state index < -0.39 is 5.82 Å². The summed E-state index contributed by atoms with van der Waals surface area (Å²) in [4.78, 5) is 15.7. The first kappa shape index (κ1) is 22.5. The number of hydrogen-bond donors (Lipinski definition) is 1. The summed E-state index contributed by atoms with van der Waals surface area (Å²) < 4.78 is 26.9. The Hall–Kier alpha value is -2.98. The Morgan fingerprint density at radius 2 is 1.97 bits per heavy atom. The quantitative estimate of drug-likeness (QED) is 0.538. The molecule has 2 saturated heterocycles. The zero-order valence-corrected chi connectivity index (χ0v) is 20.2. The number of aryl methyl sites for hydroxylation is 1. The number of nitrogens with one attached hydrogen (secondary N) is 1. The first-order valence-electron chi connectivity index (χ1n) is 12.0. The third-order valence-electron chi connectivity index (χ3n) is 7.19. The molecule has 0 amide bonds. The zero-order valence-electron chi connectivity index (χ0n) is 19.4. The molecule has 11 heteroatoms. The molecule has 2 aromatic heterocycles. The van der Waals surface area contributed by atoms with E-state index in [9.17, 15) is 4.39 Å². The van der Waals surface area contributed by atoms with Crippen LogP contribution in [0.2, 0.25) is 5.02 Å². The minimum absolute atomic E-state index is 0.00155. The second-order valence-electron chi connectivity index (χ2n) is 9.55. The van der Waals surface area contributed by atoms with Crippen LogP contribution in [-0.4, -0.2) is 57.1 Å². The van der Waals surface area contributed by atoms with Gasteiger partial charge in [-0.2, -0.15) is 4.98 Å². The van der Waals surface area contributed by atoms with Gasteiger partial charge in [0, 0.05) is 43.6 Å². The predicted octanol–water partition coefficient (Wildman–Crippen LogP) is 4.25. The standard InChI is InChI=1S/C24H27ClFN7O2/c1-14-8-21(28-13-27-14)32-10-15-2-3-16(11-32)22(15)29-23-30-24(33(31-23)17-6-7-34-12-17)35-18-4-5-20(26)19(25)9-18/h4-5,8-9,13,15-17,22H,2-3,6-7,10-12H2,1H3,(H,29,31)/t15-,16+,17?,22?. The van der Waals surface area contributed by atoms with Gasteiger partial charge < -0.3 is 19.7 Å². The number of benzene rings is 1. The highest BCUT2D eigenvalue weighted by molar-refractivity contribution is 6.30. The Bertz CT molecular complexity index is 1200. The van der Waals surface area contributed by atoms with Crippen LogP contribution >= 0.6 is 11.6 Å². The molecule has 1 saturated carbocycles. The lowest BCUT2D eigenvalue weighted by Crippen LogP contribution is -2.48. The number of halogens is 2. The van der Waals surface area contributed by atoms with Gasteiger partial charge in [0.15, 0.2) is 0 Å². The van der Waals surface area contributed by atoms with Crippen molar-refractivity contribution in [2.45, 2.75) is 38.3 Å². The molecule has 0 radical (unpaired) electrons. The van der Waals surface area contributed by atoms with Crippen molar-refractivity contribution in [3.8, 4) is 11.8 Å². The monoisotopic (exact) mass is 499 g/mol. The van der Waals surface area contributed by atoms with Crippen LogP contribution in [0.1, 0.15) is 31.0 Å². The summed E-state index contributed by atoms with van der Waals surface area (Å²) in [7, 11) is 0. The number of nitrogens with zero attached hydrogens (tertiary/aromatic N) is 6. The molecule has 2 bridgehead atoms. The van der Waals surface area contributed by atoms with Gasteiger partial charge in [0.05, 0.1) is 17.7 Å². The highest BCUT2D eigenvalue weighted by Gasteiger charge is 2.43. The maximum Gasteiger partial charge on any atom is 0.322 e. The Kier molecular flexibility index (Phi) is 5.93. The molecule has 4 heterocycles. The van der Waals surface area contributed by atoms with Crippen molar-refractivity contribution in [2.75, 3.05) is 36.5 Å². The summed E-state index contributed by atoms with van der Waals surface area (Å²) in [6.45, 7) is 5.06. The van der Waals surface area contributed by atoms with E-state index in [2.05, 4.69) is 25.2 Å². The van der Waals surface area contributed by atoms with Crippen LogP contribution in [-0.2, 0) is 4.74 Å². The highest BCUT2D eigenvalue weighted by atomic mass is 35.5. The molecule has 1 aliphatic carbocycles. The summed E-state index contributed by atoms with van der Waals surface area (Å²) in [5, 5.41) is 8.36. The lowest BCUT2D eigenvalue weighted by atomic mass is 9.92. The van der Waals surface area contributed by atoms with E-state index >= 15 is 0 Å². The molecule has 3 aromatic rings. The second-order valence-corrected chi connectivity index (χ2v) is 9.96. The number of aromatic nitrogens is 5. The molecule has 0 spiro atoms. The van der Waals surface area contributed by atoms with Crippen molar-refractivity contribution in [1.29, 1.82) is 0 Å². The molecular formula is C24H27ClFN7O2. The maximum absolute atomic E-state index is 13.6. The van der Waals surface area contributed by atoms with E-state index in [-0.39, 0.29) is 17.1 Å². The molecule has 9 nitrogen and oxygen atoms in total. The molecule has 6 rings (SSSR count). The van der Waals surface area contributed by atoms with Crippen LogP contribution < -0.4 is 15.0 Å². The molecule has 3 fully saturated rings. The molecule has 4 atom stereocenters. The Labute approximate surface area is 207 Å². The normalized spacial score (nSPS) is 25.7. The number of hydrogen-bond acceptors (Lipinski definition) is 8. The summed E-state index contributed by atoms with van der Waals surface area (Å²) in [6, 6.07) is 6.95. The molecule has 2 aliphatic heterocycles. The Morgan fingerprint density at radius 1 is 1.14 bits per heavy atom. The number of anilines is 2. The highest BCUT2D eigenvalue weighted by Crippen LogP contribution is 2.40. The molecule has 3 aliphatic rings. The summed E-state index contributed by atoms with van der Waals surface area (Å²) >= 11 is 5.94.